The van der Waals surface area contributed by atoms with E-state index >= 15 is 0 Å². The van der Waals surface area contributed by atoms with Gasteiger partial charge in [0.1, 0.15) is 6.42 Å². The molecule has 3 N–H and O–H groups in total. The lowest BCUT2D eigenvalue weighted by molar-refractivity contribution is -0.123. The van der Waals surface area contributed by atoms with Gasteiger partial charge in [-0.15, -0.1) is 11.3 Å². The Hall–Kier alpha value is -3.24. The summed E-state index contributed by atoms with van der Waals surface area (Å²) in [4.78, 5) is 27.7. The summed E-state index contributed by atoms with van der Waals surface area (Å²) in [5.74, 6) is -0.959. The van der Waals surface area contributed by atoms with Crippen molar-refractivity contribution in [2.24, 2.45) is 0 Å². The standard InChI is InChI=1S/C19H16N4O4S2/c1-11-20-17(10-28-11)12-3-2-4-13(7-12)23-29(26,27)14-5-6-15-16(8-14)22-19(25)9-18(24)21-15/h2-8,10,23H,9H2,1H3,(H,21,24)(H,22,25). The van der Waals surface area contributed by atoms with Crippen LogP contribution in [0.1, 0.15) is 11.4 Å². The zero-order chi connectivity index (χ0) is 20.6. The molecule has 0 unspecified atom stereocenters. The van der Waals surface area contributed by atoms with E-state index in [-0.39, 0.29) is 17.0 Å². The van der Waals surface area contributed by atoms with Crippen molar-refractivity contribution in [2.45, 2.75) is 18.2 Å². The maximum atomic E-state index is 12.8. The molecule has 0 radical (unpaired) electrons. The fourth-order valence-corrected chi connectivity index (χ4v) is 4.59. The zero-order valence-electron chi connectivity index (χ0n) is 15.2. The van der Waals surface area contributed by atoms with Crippen LogP contribution >= 0.6 is 11.3 Å². The summed E-state index contributed by atoms with van der Waals surface area (Å²) in [6, 6.07) is 11.1. The van der Waals surface area contributed by atoms with E-state index in [0.717, 1.165) is 16.3 Å². The summed E-state index contributed by atoms with van der Waals surface area (Å²) >= 11 is 1.52. The van der Waals surface area contributed by atoms with Crippen LogP contribution in [0.25, 0.3) is 11.3 Å². The van der Waals surface area contributed by atoms with Crippen LogP contribution in [0.3, 0.4) is 0 Å². The molecular formula is C19H16N4O4S2. The molecule has 0 saturated carbocycles. The highest BCUT2D eigenvalue weighted by atomic mass is 32.2. The molecule has 0 fully saturated rings. The molecule has 0 spiro atoms. The van der Waals surface area contributed by atoms with Gasteiger partial charge in [0.2, 0.25) is 11.8 Å². The highest BCUT2D eigenvalue weighted by molar-refractivity contribution is 7.92. The van der Waals surface area contributed by atoms with Crippen molar-refractivity contribution in [3.8, 4) is 11.3 Å². The number of thiazole rings is 1. The van der Waals surface area contributed by atoms with E-state index in [1.54, 1.807) is 18.2 Å². The lowest BCUT2D eigenvalue weighted by Gasteiger charge is -2.12. The van der Waals surface area contributed by atoms with Crippen LogP contribution in [-0.2, 0) is 19.6 Å². The Morgan fingerprint density at radius 3 is 2.52 bits per heavy atom. The third kappa shape index (κ3) is 4.13. The normalized spacial score (nSPS) is 13.8. The Bertz CT molecular complexity index is 1230. The SMILES string of the molecule is Cc1nc(-c2cccc(NS(=O)(=O)c3ccc4c(c3)NC(=O)CC(=O)N4)c2)cs1. The van der Waals surface area contributed by atoms with Gasteiger partial charge in [-0.3, -0.25) is 14.3 Å². The Balaban J connectivity index is 1.63. The minimum absolute atomic E-state index is 0.0393. The van der Waals surface area contributed by atoms with Crippen LogP contribution in [0.5, 0.6) is 0 Å². The summed E-state index contributed by atoms with van der Waals surface area (Å²) in [5, 5.41) is 7.94. The van der Waals surface area contributed by atoms with E-state index in [1.807, 2.05) is 18.4 Å². The van der Waals surface area contributed by atoms with Gasteiger partial charge in [0, 0.05) is 16.6 Å². The highest BCUT2D eigenvalue weighted by Crippen LogP contribution is 2.29. The molecular weight excluding hydrogens is 412 g/mol. The van der Waals surface area contributed by atoms with Gasteiger partial charge in [-0.1, -0.05) is 12.1 Å². The van der Waals surface area contributed by atoms with Gasteiger partial charge in [-0.25, -0.2) is 13.4 Å². The number of rotatable bonds is 4. The Morgan fingerprint density at radius 2 is 1.79 bits per heavy atom. The summed E-state index contributed by atoms with van der Waals surface area (Å²) in [6.45, 7) is 1.90. The van der Waals surface area contributed by atoms with Gasteiger partial charge in [-0.2, -0.15) is 0 Å². The number of benzene rings is 2. The van der Waals surface area contributed by atoms with Crippen molar-refractivity contribution in [1.82, 2.24) is 4.98 Å². The van der Waals surface area contributed by atoms with Crippen molar-refractivity contribution < 1.29 is 18.0 Å². The third-order valence-corrected chi connectivity index (χ3v) is 6.35. The Morgan fingerprint density at radius 1 is 1.03 bits per heavy atom. The number of carbonyl (C=O) groups is 2. The molecule has 0 saturated heterocycles. The van der Waals surface area contributed by atoms with Crippen molar-refractivity contribution >= 4 is 50.2 Å². The quantitative estimate of drug-likeness (QED) is 0.552. The average molecular weight is 428 g/mol. The van der Waals surface area contributed by atoms with Crippen molar-refractivity contribution in [3.63, 3.8) is 0 Å². The van der Waals surface area contributed by atoms with Gasteiger partial charge in [0.25, 0.3) is 10.0 Å². The molecule has 8 nitrogen and oxygen atoms in total. The van der Waals surface area contributed by atoms with Crippen LogP contribution < -0.4 is 15.4 Å². The molecule has 10 heteroatoms. The molecule has 1 aromatic heterocycles. The lowest BCUT2D eigenvalue weighted by atomic mass is 10.1. The second-order valence-corrected chi connectivity index (χ2v) is 9.16. The molecule has 0 bridgehead atoms. The Labute approximate surface area is 171 Å². The predicted molar refractivity (Wildman–Crippen MR) is 111 cm³/mol. The van der Waals surface area contributed by atoms with Crippen molar-refractivity contribution in [2.75, 3.05) is 15.4 Å². The minimum Gasteiger partial charge on any atom is -0.324 e. The fourth-order valence-electron chi connectivity index (χ4n) is 2.89. The number of sulfonamides is 1. The van der Waals surface area contributed by atoms with Crippen LogP contribution in [-0.4, -0.2) is 25.2 Å². The van der Waals surface area contributed by atoms with Gasteiger partial charge >= 0.3 is 0 Å². The number of hydrogen-bond donors (Lipinski definition) is 3. The largest absolute Gasteiger partial charge is 0.324 e. The van der Waals surface area contributed by atoms with Crippen LogP contribution in [0.15, 0.2) is 52.7 Å². The number of anilines is 3. The monoisotopic (exact) mass is 428 g/mol. The van der Waals surface area contributed by atoms with E-state index < -0.39 is 21.8 Å². The van der Waals surface area contributed by atoms with E-state index in [2.05, 4.69) is 20.3 Å². The van der Waals surface area contributed by atoms with E-state index in [0.29, 0.717) is 11.4 Å². The predicted octanol–water partition coefficient (Wildman–Crippen LogP) is 3.20. The molecule has 2 amide bonds. The second kappa shape index (κ2) is 7.30. The second-order valence-electron chi connectivity index (χ2n) is 6.42. The summed E-state index contributed by atoms with van der Waals surface area (Å²) in [7, 11) is -3.92. The number of aryl methyl sites for hydroxylation is 1. The van der Waals surface area contributed by atoms with Crippen LogP contribution in [0.2, 0.25) is 0 Å². The summed E-state index contributed by atoms with van der Waals surface area (Å²) in [5.41, 5.74) is 2.54. The molecule has 2 aromatic carbocycles. The molecule has 3 aromatic rings. The number of nitrogens with zero attached hydrogens (tertiary/aromatic N) is 1. The third-order valence-electron chi connectivity index (χ3n) is 4.20. The number of aromatic nitrogens is 1. The van der Waals surface area contributed by atoms with Crippen molar-refractivity contribution in [3.05, 3.63) is 52.9 Å². The lowest BCUT2D eigenvalue weighted by Crippen LogP contribution is -2.16. The number of fused-ring (bicyclic) bond motifs is 1. The number of amides is 2. The molecule has 4 rings (SSSR count). The molecule has 1 aliphatic rings. The first kappa shape index (κ1) is 19.1. The number of carbonyl (C=O) groups excluding carboxylic acids is 2. The van der Waals surface area contributed by atoms with Gasteiger partial charge in [-0.05, 0) is 37.3 Å². The van der Waals surface area contributed by atoms with E-state index in [1.165, 1.54) is 29.5 Å². The number of nitrogens with one attached hydrogen (secondary N) is 3. The zero-order valence-corrected chi connectivity index (χ0v) is 16.9. The summed E-state index contributed by atoms with van der Waals surface area (Å²) in [6.07, 6.45) is -0.322. The van der Waals surface area contributed by atoms with Crippen LogP contribution in [0.4, 0.5) is 17.1 Å². The van der Waals surface area contributed by atoms with Crippen LogP contribution in [0, 0.1) is 6.92 Å². The molecule has 2 heterocycles. The van der Waals surface area contributed by atoms with Crippen molar-refractivity contribution in [1.29, 1.82) is 0 Å². The Kier molecular flexibility index (Phi) is 4.81. The number of hydrogen-bond acceptors (Lipinski definition) is 6. The first-order valence-electron chi connectivity index (χ1n) is 8.59. The summed E-state index contributed by atoms with van der Waals surface area (Å²) < 4.78 is 28.2. The minimum atomic E-state index is -3.92. The molecule has 148 valence electrons. The van der Waals surface area contributed by atoms with Gasteiger partial charge in [0.05, 0.1) is 27.0 Å². The van der Waals surface area contributed by atoms with Gasteiger partial charge < -0.3 is 10.6 Å². The van der Waals surface area contributed by atoms with E-state index in [4.69, 9.17) is 0 Å². The average Bonchev–Trinajstić information content (AvgIpc) is 3.02. The molecule has 1 aliphatic heterocycles. The first-order valence-corrected chi connectivity index (χ1v) is 11.0. The topological polar surface area (TPSA) is 117 Å². The molecule has 0 aliphatic carbocycles. The fraction of sp³-hybridized carbons (Fsp3) is 0.105. The maximum Gasteiger partial charge on any atom is 0.261 e. The smallest absolute Gasteiger partial charge is 0.261 e. The van der Waals surface area contributed by atoms with Gasteiger partial charge in [0.15, 0.2) is 0 Å². The molecule has 29 heavy (non-hydrogen) atoms. The first-order chi connectivity index (χ1) is 13.8. The maximum absolute atomic E-state index is 12.8. The highest BCUT2D eigenvalue weighted by Gasteiger charge is 2.22. The van der Waals surface area contributed by atoms with E-state index in [9.17, 15) is 18.0 Å². The molecule has 0 atom stereocenters.